The van der Waals surface area contributed by atoms with Gasteiger partial charge in [0.05, 0.1) is 19.3 Å². The van der Waals surface area contributed by atoms with Crippen molar-refractivity contribution in [2.45, 2.75) is 96.8 Å². The smallest absolute Gasteiger partial charge is 0.411 e. The van der Waals surface area contributed by atoms with E-state index in [4.69, 9.17) is 13.9 Å². The summed E-state index contributed by atoms with van der Waals surface area (Å²) < 4.78 is 16.9. The third kappa shape index (κ3) is 5.20. The fourth-order valence-electron chi connectivity index (χ4n) is 2.65. The van der Waals surface area contributed by atoms with Gasteiger partial charge >= 0.3 is 12.1 Å². The van der Waals surface area contributed by atoms with E-state index < -0.39 is 32.0 Å². The molecule has 1 saturated heterocycles. The van der Waals surface area contributed by atoms with E-state index in [0.717, 1.165) is 0 Å². The molecule has 0 spiro atoms. The summed E-state index contributed by atoms with van der Waals surface area (Å²) >= 11 is 0. The van der Waals surface area contributed by atoms with Crippen molar-refractivity contribution in [2.75, 3.05) is 7.11 Å². The van der Waals surface area contributed by atoms with Crippen LogP contribution < -0.4 is 0 Å². The van der Waals surface area contributed by atoms with Gasteiger partial charge in [-0.3, -0.25) is 4.90 Å². The first-order valence-electron chi connectivity index (χ1n) is 8.87. The summed E-state index contributed by atoms with van der Waals surface area (Å²) in [7, 11) is -0.693. The SMILES string of the molecule is COC(=O)[C@H]1C[C@@H](O[Si](C)(C)C(C)(C)C)[C@@H](C)N1C(=O)OC(C)(C)C. The van der Waals surface area contributed by atoms with Gasteiger partial charge in [-0.15, -0.1) is 0 Å². The fourth-order valence-corrected chi connectivity index (χ4v) is 4.05. The van der Waals surface area contributed by atoms with Gasteiger partial charge in [0.2, 0.25) is 0 Å². The Labute approximate surface area is 153 Å². The summed E-state index contributed by atoms with van der Waals surface area (Å²) in [5.41, 5.74) is -0.629. The van der Waals surface area contributed by atoms with Crippen molar-refractivity contribution in [3.8, 4) is 0 Å². The predicted octanol–water partition coefficient (Wildman–Crippen LogP) is 3.95. The van der Waals surface area contributed by atoms with E-state index in [9.17, 15) is 9.59 Å². The molecule has 0 bridgehead atoms. The molecule has 146 valence electrons. The highest BCUT2D eigenvalue weighted by Crippen LogP contribution is 2.40. The van der Waals surface area contributed by atoms with Gasteiger partial charge in [0.25, 0.3) is 0 Å². The minimum absolute atomic E-state index is 0.0484. The number of carbonyl (C=O) groups excluding carboxylic acids is 2. The van der Waals surface area contributed by atoms with Gasteiger partial charge in [0, 0.05) is 6.42 Å². The van der Waals surface area contributed by atoms with Crippen LogP contribution in [0, 0.1) is 0 Å². The lowest BCUT2D eigenvalue weighted by Gasteiger charge is -2.39. The molecule has 0 aromatic carbocycles. The Bertz CT molecular complexity index is 507. The number of nitrogens with zero attached hydrogens (tertiary/aromatic N) is 1. The molecule has 0 radical (unpaired) electrons. The molecule has 1 amide bonds. The molecular weight excluding hydrogens is 338 g/mol. The minimum atomic E-state index is -2.03. The molecule has 0 N–H and O–H groups in total. The predicted molar refractivity (Wildman–Crippen MR) is 100 cm³/mol. The average Bonchev–Trinajstić information content (AvgIpc) is 2.71. The topological polar surface area (TPSA) is 65.1 Å². The number of likely N-dealkylation sites (tertiary alicyclic amines) is 1. The first-order chi connectivity index (χ1) is 11.1. The molecule has 1 aliphatic heterocycles. The van der Waals surface area contributed by atoms with Crippen LogP contribution in [0.2, 0.25) is 18.1 Å². The highest BCUT2D eigenvalue weighted by Gasteiger charge is 2.50. The van der Waals surface area contributed by atoms with Crippen LogP contribution in [0.1, 0.15) is 54.9 Å². The zero-order valence-corrected chi connectivity index (χ0v) is 18.4. The summed E-state index contributed by atoms with van der Waals surface area (Å²) in [5.74, 6) is -0.431. The van der Waals surface area contributed by atoms with E-state index in [1.807, 2.05) is 27.7 Å². The van der Waals surface area contributed by atoms with Gasteiger partial charge in [-0.25, -0.2) is 9.59 Å². The van der Waals surface area contributed by atoms with Crippen LogP contribution in [0.4, 0.5) is 4.79 Å². The minimum Gasteiger partial charge on any atom is -0.467 e. The first-order valence-corrected chi connectivity index (χ1v) is 11.8. The van der Waals surface area contributed by atoms with Crippen LogP contribution in [0.15, 0.2) is 0 Å². The number of hydrogen-bond acceptors (Lipinski definition) is 5. The van der Waals surface area contributed by atoms with Crippen molar-refractivity contribution in [3.05, 3.63) is 0 Å². The van der Waals surface area contributed by atoms with Crippen molar-refractivity contribution >= 4 is 20.4 Å². The quantitative estimate of drug-likeness (QED) is 0.554. The van der Waals surface area contributed by atoms with Crippen molar-refractivity contribution in [2.24, 2.45) is 0 Å². The molecular formula is C18H35NO5Si. The number of methoxy groups -OCH3 is 1. The second kappa shape index (κ2) is 7.27. The average molecular weight is 374 g/mol. The summed E-state index contributed by atoms with van der Waals surface area (Å²) in [6.07, 6.45) is -0.284. The van der Waals surface area contributed by atoms with Gasteiger partial charge in [0.1, 0.15) is 11.6 Å². The third-order valence-electron chi connectivity index (χ3n) is 5.10. The van der Waals surface area contributed by atoms with E-state index in [1.54, 1.807) is 0 Å². The Kier molecular flexibility index (Phi) is 6.38. The van der Waals surface area contributed by atoms with Crippen LogP contribution >= 0.6 is 0 Å². The number of hydrogen-bond donors (Lipinski definition) is 0. The molecule has 7 heteroatoms. The molecule has 0 aliphatic carbocycles. The normalized spacial score (nSPS) is 25.0. The molecule has 0 unspecified atom stereocenters. The van der Waals surface area contributed by atoms with Gasteiger partial charge in [-0.1, -0.05) is 20.8 Å². The Morgan fingerprint density at radius 3 is 2.00 bits per heavy atom. The van der Waals surface area contributed by atoms with Gasteiger partial charge in [0.15, 0.2) is 8.32 Å². The molecule has 0 aromatic rings. The van der Waals surface area contributed by atoms with Crippen LogP contribution in [0.5, 0.6) is 0 Å². The number of rotatable bonds is 3. The van der Waals surface area contributed by atoms with E-state index in [0.29, 0.717) is 6.42 Å². The second-order valence-electron chi connectivity index (χ2n) is 9.32. The van der Waals surface area contributed by atoms with Gasteiger partial charge < -0.3 is 13.9 Å². The molecule has 1 fully saturated rings. The highest BCUT2D eigenvalue weighted by molar-refractivity contribution is 6.74. The maximum Gasteiger partial charge on any atom is 0.411 e. The summed E-state index contributed by atoms with van der Waals surface area (Å²) in [6, 6.07) is -0.933. The highest BCUT2D eigenvalue weighted by atomic mass is 28.4. The zero-order valence-electron chi connectivity index (χ0n) is 17.4. The van der Waals surface area contributed by atoms with Crippen molar-refractivity contribution < 1.29 is 23.5 Å². The number of carbonyl (C=O) groups is 2. The van der Waals surface area contributed by atoms with Gasteiger partial charge in [-0.05, 0) is 45.8 Å². The van der Waals surface area contributed by atoms with Crippen LogP contribution in [-0.2, 0) is 18.7 Å². The monoisotopic (exact) mass is 373 g/mol. The van der Waals surface area contributed by atoms with Crippen LogP contribution in [0.25, 0.3) is 0 Å². The standard InChI is InChI=1S/C18H35NO5Si/c1-12-14(24-25(9,10)18(5,6)7)11-13(15(20)22-8)19(12)16(21)23-17(2,3)4/h12-14H,11H2,1-10H3/t12-,13-,14-/m1/s1. The van der Waals surface area contributed by atoms with E-state index in [-0.39, 0.29) is 17.2 Å². The second-order valence-corrected chi connectivity index (χ2v) is 14.1. The van der Waals surface area contributed by atoms with Crippen LogP contribution in [-0.4, -0.2) is 56.2 Å². The first kappa shape index (κ1) is 22.0. The molecule has 0 saturated carbocycles. The molecule has 0 aromatic heterocycles. The molecule has 6 nitrogen and oxygen atoms in total. The summed E-state index contributed by atoms with van der Waals surface area (Å²) in [5, 5.41) is 0.0484. The summed E-state index contributed by atoms with van der Waals surface area (Å²) in [6.45, 7) is 18.2. The number of amides is 1. The Balaban J connectivity index is 3.07. The van der Waals surface area contributed by atoms with E-state index in [1.165, 1.54) is 12.0 Å². The zero-order chi connectivity index (χ0) is 19.8. The lowest BCUT2D eigenvalue weighted by atomic mass is 10.1. The fraction of sp³-hybridized carbons (Fsp3) is 0.889. The Morgan fingerprint density at radius 2 is 1.60 bits per heavy atom. The van der Waals surface area contributed by atoms with E-state index >= 15 is 0 Å². The Hall–Kier alpha value is -1.08. The number of esters is 1. The maximum absolute atomic E-state index is 12.7. The van der Waals surface area contributed by atoms with E-state index in [2.05, 4.69) is 33.9 Å². The van der Waals surface area contributed by atoms with Crippen molar-refractivity contribution in [3.63, 3.8) is 0 Å². The largest absolute Gasteiger partial charge is 0.467 e. The van der Waals surface area contributed by atoms with Crippen molar-refractivity contribution in [1.82, 2.24) is 4.90 Å². The molecule has 3 atom stereocenters. The van der Waals surface area contributed by atoms with Crippen molar-refractivity contribution in [1.29, 1.82) is 0 Å². The number of ether oxygens (including phenoxy) is 2. The maximum atomic E-state index is 12.7. The lowest BCUT2D eigenvalue weighted by Crippen LogP contribution is -2.49. The third-order valence-corrected chi connectivity index (χ3v) is 9.60. The van der Waals surface area contributed by atoms with Crippen LogP contribution in [0.3, 0.4) is 0 Å². The molecule has 25 heavy (non-hydrogen) atoms. The molecule has 1 heterocycles. The summed E-state index contributed by atoms with van der Waals surface area (Å²) in [4.78, 5) is 26.4. The lowest BCUT2D eigenvalue weighted by molar-refractivity contribution is -0.146. The Morgan fingerprint density at radius 1 is 1.08 bits per heavy atom. The van der Waals surface area contributed by atoms with Gasteiger partial charge in [-0.2, -0.15) is 0 Å². The molecule has 1 rings (SSSR count). The molecule has 1 aliphatic rings.